The number of rotatable bonds is 7. The normalized spacial score (nSPS) is 10.8. The Kier molecular flexibility index (Phi) is 7.10. The van der Waals surface area contributed by atoms with Gasteiger partial charge in [0.15, 0.2) is 5.78 Å². The highest BCUT2D eigenvalue weighted by Crippen LogP contribution is 2.22. The summed E-state index contributed by atoms with van der Waals surface area (Å²) < 4.78 is 20.5. The van der Waals surface area contributed by atoms with Crippen molar-refractivity contribution in [3.8, 4) is 0 Å². The number of carbonyl (C=O) groups is 1. The van der Waals surface area contributed by atoms with Gasteiger partial charge >= 0.3 is 0 Å². The zero-order valence-corrected chi connectivity index (χ0v) is 16.4. The van der Waals surface area contributed by atoms with Gasteiger partial charge in [-0.3, -0.25) is 4.79 Å². The van der Waals surface area contributed by atoms with E-state index in [2.05, 4.69) is 43.5 Å². The van der Waals surface area contributed by atoms with E-state index in [0.29, 0.717) is 41.6 Å². The molecular formula is C17H16BrFINO2. The zero-order chi connectivity index (χ0) is 16.8. The molecule has 0 aliphatic heterocycles. The average Bonchev–Trinajstić information content (AvgIpc) is 2.51. The van der Waals surface area contributed by atoms with Gasteiger partial charge in [0.2, 0.25) is 0 Å². The molecule has 0 amide bonds. The van der Waals surface area contributed by atoms with Crippen molar-refractivity contribution in [1.29, 1.82) is 0 Å². The standard InChI is InChI=1S/C17H16BrFINO2/c1-23-6-2-3-16(22)14-9-17(18)21-10-12(14)7-11-4-5-13(20)8-15(11)19/h4-5,8-10H,2-3,6-7H2,1H3. The van der Waals surface area contributed by atoms with E-state index < -0.39 is 0 Å². The van der Waals surface area contributed by atoms with Gasteiger partial charge in [-0.05, 0) is 74.3 Å². The quantitative estimate of drug-likeness (QED) is 0.242. The number of pyridine rings is 1. The first-order chi connectivity index (χ1) is 11.0. The van der Waals surface area contributed by atoms with Gasteiger partial charge in [0.1, 0.15) is 10.4 Å². The van der Waals surface area contributed by atoms with Crippen LogP contribution in [-0.2, 0) is 11.2 Å². The molecule has 23 heavy (non-hydrogen) atoms. The van der Waals surface area contributed by atoms with Crippen LogP contribution in [0.1, 0.15) is 34.3 Å². The fourth-order valence-corrected chi connectivity index (χ4v) is 3.03. The Bertz CT molecular complexity index is 709. The molecule has 122 valence electrons. The average molecular weight is 492 g/mol. The Morgan fingerprint density at radius 3 is 2.83 bits per heavy atom. The number of nitrogens with zero attached hydrogens (tertiary/aromatic N) is 1. The predicted octanol–water partition coefficient (Wildman–Crippen LogP) is 4.79. The number of Topliss-reactive ketones (excluding diaryl/α,β-unsaturated/α-hetero) is 1. The van der Waals surface area contributed by atoms with E-state index in [0.717, 1.165) is 9.13 Å². The lowest BCUT2D eigenvalue weighted by atomic mass is 9.97. The highest BCUT2D eigenvalue weighted by Gasteiger charge is 2.14. The minimum Gasteiger partial charge on any atom is -0.385 e. The molecule has 1 aromatic heterocycles. The summed E-state index contributed by atoms with van der Waals surface area (Å²) in [6, 6.07) is 6.79. The summed E-state index contributed by atoms with van der Waals surface area (Å²) in [7, 11) is 1.61. The first-order valence-electron chi connectivity index (χ1n) is 7.11. The van der Waals surface area contributed by atoms with Gasteiger partial charge in [-0.1, -0.05) is 6.07 Å². The number of methoxy groups -OCH3 is 1. The van der Waals surface area contributed by atoms with Crippen LogP contribution in [0.5, 0.6) is 0 Å². The topological polar surface area (TPSA) is 39.2 Å². The molecule has 0 bridgehead atoms. The molecule has 0 fully saturated rings. The zero-order valence-electron chi connectivity index (χ0n) is 12.6. The number of hydrogen-bond donors (Lipinski definition) is 0. The first kappa shape index (κ1) is 18.5. The maximum Gasteiger partial charge on any atom is 0.163 e. The van der Waals surface area contributed by atoms with Crippen LogP contribution in [0.25, 0.3) is 0 Å². The van der Waals surface area contributed by atoms with E-state index >= 15 is 0 Å². The van der Waals surface area contributed by atoms with Gasteiger partial charge in [0.25, 0.3) is 0 Å². The monoisotopic (exact) mass is 491 g/mol. The van der Waals surface area contributed by atoms with Crippen LogP contribution in [0.2, 0.25) is 0 Å². The number of halogens is 3. The molecule has 0 aliphatic rings. The molecule has 0 unspecified atom stereocenters. The highest BCUT2D eigenvalue weighted by atomic mass is 127. The Hall–Kier alpha value is -0.860. The van der Waals surface area contributed by atoms with Crippen molar-refractivity contribution in [3.05, 3.63) is 61.1 Å². The van der Waals surface area contributed by atoms with Gasteiger partial charge in [0.05, 0.1) is 0 Å². The summed E-state index contributed by atoms with van der Waals surface area (Å²) in [6.45, 7) is 0.541. The first-order valence-corrected chi connectivity index (χ1v) is 8.99. The van der Waals surface area contributed by atoms with E-state index in [1.807, 2.05) is 6.07 Å². The van der Waals surface area contributed by atoms with Crippen LogP contribution >= 0.6 is 38.5 Å². The van der Waals surface area contributed by atoms with E-state index in [9.17, 15) is 9.18 Å². The number of ketones is 1. The van der Waals surface area contributed by atoms with Crippen molar-refractivity contribution in [2.75, 3.05) is 13.7 Å². The van der Waals surface area contributed by atoms with Gasteiger partial charge in [-0.15, -0.1) is 0 Å². The second-order valence-electron chi connectivity index (χ2n) is 5.10. The molecule has 1 heterocycles. The summed E-state index contributed by atoms with van der Waals surface area (Å²) in [5.74, 6) is -0.247. The molecular weight excluding hydrogens is 476 g/mol. The van der Waals surface area contributed by atoms with E-state index in [1.165, 1.54) is 6.07 Å². The molecule has 2 aromatic rings. The fourth-order valence-electron chi connectivity index (χ4n) is 2.24. The third-order valence-corrected chi connectivity index (χ3v) is 4.51. The molecule has 2 rings (SSSR count). The third kappa shape index (κ3) is 5.32. The molecule has 3 nitrogen and oxygen atoms in total. The fraction of sp³-hybridized carbons (Fsp3) is 0.294. The second kappa shape index (κ2) is 8.84. The molecule has 0 saturated carbocycles. The molecule has 6 heteroatoms. The van der Waals surface area contributed by atoms with Crippen molar-refractivity contribution in [2.45, 2.75) is 19.3 Å². The van der Waals surface area contributed by atoms with E-state index in [4.69, 9.17) is 4.74 Å². The van der Waals surface area contributed by atoms with Gasteiger partial charge < -0.3 is 4.74 Å². The number of benzene rings is 1. The van der Waals surface area contributed by atoms with E-state index in [1.54, 1.807) is 25.4 Å². The minimum absolute atomic E-state index is 0.0195. The summed E-state index contributed by atoms with van der Waals surface area (Å²) in [5.41, 5.74) is 1.87. The van der Waals surface area contributed by atoms with Crippen LogP contribution in [0.3, 0.4) is 0 Å². The molecule has 0 N–H and O–H groups in total. The van der Waals surface area contributed by atoms with Crippen molar-refractivity contribution in [1.82, 2.24) is 4.98 Å². The molecule has 0 saturated heterocycles. The van der Waals surface area contributed by atoms with Gasteiger partial charge in [-0.25, -0.2) is 9.37 Å². The molecule has 0 aliphatic carbocycles. The maximum atomic E-state index is 14.1. The smallest absolute Gasteiger partial charge is 0.163 e. The summed E-state index contributed by atoms with van der Waals surface area (Å²) in [5, 5.41) is 0. The molecule has 0 radical (unpaired) electrons. The summed E-state index contributed by atoms with van der Waals surface area (Å²) >= 11 is 5.36. The predicted molar refractivity (Wildman–Crippen MR) is 99.3 cm³/mol. The Morgan fingerprint density at radius 1 is 1.35 bits per heavy atom. The summed E-state index contributed by atoms with van der Waals surface area (Å²) in [6.07, 6.45) is 3.03. The number of aromatic nitrogens is 1. The van der Waals surface area contributed by atoms with Crippen LogP contribution in [0.4, 0.5) is 4.39 Å². The third-order valence-electron chi connectivity index (χ3n) is 3.40. The molecule has 0 spiro atoms. The molecule has 1 aromatic carbocycles. The Morgan fingerprint density at radius 2 is 2.13 bits per heavy atom. The second-order valence-corrected chi connectivity index (χ2v) is 7.15. The van der Waals surface area contributed by atoms with Crippen molar-refractivity contribution < 1.29 is 13.9 Å². The minimum atomic E-state index is -0.266. The lowest BCUT2D eigenvalue weighted by Crippen LogP contribution is -2.07. The SMILES string of the molecule is COCCCC(=O)c1cc(Br)ncc1Cc1ccc(I)cc1F. The number of hydrogen-bond acceptors (Lipinski definition) is 3. The maximum absolute atomic E-state index is 14.1. The highest BCUT2D eigenvalue weighted by molar-refractivity contribution is 14.1. The van der Waals surface area contributed by atoms with Crippen LogP contribution in [0.15, 0.2) is 35.1 Å². The number of ether oxygens (including phenoxy) is 1. The van der Waals surface area contributed by atoms with Gasteiger partial charge in [-0.2, -0.15) is 0 Å². The molecule has 0 atom stereocenters. The van der Waals surface area contributed by atoms with E-state index in [-0.39, 0.29) is 11.6 Å². The lowest BCUT2D eigenvalue weighted by molar-refractivity contribution is 0.0962. The lowest BCUT2D eigenvalue weighted by Gasteiger charge is -2.10. The number of carbonyl (C=O) groups excluding carboxylic acids is 1. The Labute approximate surface area is 156 Å². The van der Waals surface area contributed by atoms with Crippen molar-refractivity contribution >= 4 is 44.3 Å². The van der Waals surface area contributed by atoms with Crippen LogP contribution < -0.4 is 0 Å². The van der Waals surface area contributed by atoms with Gasteiger partial charge in [0, 0.05) is 41.9 Å². The van der Waals surface area contributed by atoms with Crippen LogP contribution in [-0.4, -0.2) is 24.5 Å². The van der Waals surface area contributed by atoms with Crippen LogP contribution in [0, 0.1) is 9.39 Å². The van der Waals surface area contributed by atoms with Crippen molar-refractivity contribution in [3.63, 3.8) is 0 Å². The largest absolute Gasteiger partial charge is 0.385 e. The Balaban J connectivity index is 2.26. The van der Waals surface area contributed by atoms with Crippen molar-refractivity contribution in [2.24, 2.45) is 0 Å². The summed E-state index contributed by atoms with van der Waals surface area (Å²) in [4.78, 5) is 16.6.